The van der Waals surface area contributed by atoms with E-state index in [1.54, 1.807) is 6.07 Å². The third-order valence-corrected chi connectivity index (χ3v) is 14.4. The molecule has 3 aliphatic rings. The van der Waals surface area contributed by atoms with Gasteiger partial charge in [-0.2, -0.15) is 0 Å². The van der Waals surface area contributed by atoms with Crippen LogP contribution in [0, 0.1) is 13.5 Å². The predicted molar refractivity (Wildman–Crippen MR) is 288 cm³/mol. The van der Waals surface area contributed by atoms with Crippen LogP contribution in [0.5, 0.6) is 11.5 Å². The first kappa shape index (κ1) is 39.4. The zero-order valence-corrected chi connectivity index (χ0v) is 40.0. The highest BCUT2D eigenvalue weighted by atomic mass is 16.5. The van der Waals surface area contributed by atoms with Crippen LogP contribution < -0.4 is 13.7 Å². The molecule has 0 saturated carbocycles. The van der Waals surface area contributed by atoms with Gasteiger partial charge in [0.05, 0.1) is 17.7 Å². The van der Waals surface area contributed by atoms with Crippen LogP contribution in [0.25, 0.3) is 61.0 Å². The summed E-state index contributed by atoms with van der Waals surface area (Å²) in [6, 6.07) is 67.9. The quantitative estimate of drug-likeness (QED) is 0.112. The van der Waals surface area contributed by atoms with Crippen LogP contribution in [0.3, 0.4) is 0 Å². The van der Waals surface area contributed by atoms with E-state index in [0.717, 1.165) is 89.3 Å². The minimum atomic E-state index is -2.36. The van der Waals surface area contributed by atoms with Crippen molar-refractivity contribution in [3.63, 3.8) is 0 Å². The second kappa shape index (κ2) is 15.7. The summed E-state index contributed by atoms with van der Waals surface area (Å²) in [5.41, 5.74) is 14.9. The lowest BCUT2D eigenvalue weighted by molar-refractivity contribution is 0.187. The van der Waals surface area contributed by atoms with Crippen LogP contribution in [-0.4, -0.2) is 16.2 Å². The van der Waals surface area contributed by atoms with E-state index in [1.165, 1.54) is 5.56 Å². The van der Waals surface area contributed by atoms with Crippen LogP contribution in [0.1, 0.15) is 62.3 Å². The number of benzene rings is 8. The Morgan fingerprint density at radius 3 is 1.83 bits per heavy atom. The van der Waals surface area contributed by atoms with Crippen LogP contribution in [0.4, 0.5) is 22.7 Å². The van der Waals surface area contributed by atoms with E-state index < -0.39 is 6.85 Å². The van der Waals surface area contributed by atoms with Gasteiger partial charge in [0, 0.05) is 62.0 Å². The van der Waals surface area contributed by atoms with Gasteiger partial charge in [-0.3, -0.25) is 13.5 Å². The average molecular weight is 901 g/mol. The number of aryl methyl sites for hydroxylation is 1. The Bertz CT molecular complexity index is 3670. The van der Waals surface area contributed by atoms with Gasteiger partial charge in [-0.25, -0.2) is 4.98 Å². The van der Waals surface area contributed by atoms with Gasteiger partial charge in [0.15, 0.2) is 18.0 Å². The summed E-state index contributed by atoms with van der Waals surface area (Å²) in [5.74, 6) is 2.26. The number of fused-ring (bicyclic) bond motifs is 3. The van der Waals surface area contributed by atoms with Crippen molar-refractivity contribution in [1.29, 1.82) is 0 Å². The molecule has 1 fully saturated rings. The maximum absolute atomic E-state index is 9.01. The summed E-state index contributed by atoms with van der Waals surface area (Å²) in [4.78, 5) is 4.99. The smallest absolute Gasteiger partial charge is 0.186 e. The van der Waals surface area contributed by atoms with Gasteiger partial charge in [-0.1, -0.05) is 157 Å². The zero-order valence-electron chi connectivity index (χ0n) is 43.0. The number of rotatable bonds is 8. The van der Waals surface area contributed by atoms with E-state index >= 15 is 0 Å². The maximum Gasteiger partial charge on any atom is 0.186 e. The lowest BCUT2D eigenvalue weighted by atomic mass is 9.86. The number of hydrogen-bond acceptors (Lipinski definition) is 2. The summed E-state index contributed by atoms with van der Waals surface area (Å²) in [6.45, 7) is 13.9. The average Bonchev–Trinajstić information content (AvgIpc) is 3.97. The molecule has 0 aliphatic carbocycles. The Labute approximate surface area is 410 Å². The summed E-state index contributed by atoms with van der Waals surface area (Å²) >= 11 is 0. The number of aromatic nitrogens is 2. The number of para-hydroxylation sites is 2. The molecule has 2 bridgehead atoms. The van der Waals surface area contributed by atoms with Gasteiger partial charge in [0.1, 0.15) is 28.7 Å². The van der Waals surface area contributed by atoms with Crippen molar-refractivity contribution in [3.8, 4) is 50.7 Å². The molecule has 3 aliphatic heterocycles. The molecule has 5 heteroatoms. The molecular weight excluding hydrogens is 841 g/mol. The first-order valence-corrected chi connectivity index (χ1v) is 24.0. The van der Waals surface area contributed by atoms with Crippen LogP contribution in [-0.2, 0) is 10.8 Å². The molecule has 5 nitrogen and oxygen atoms in total. The molecule has 0 amide bonds. The van der Waals surface area contributed by atoms with Crippen molar-refractivity contribution in [1.82, 2.24) is 18.5 Å². The number of nitrogens with zero attached hydrogens (tertiary/aromatic N) is 4. The Morgan fingerprint density at radius 2 is 1.17 bits per heavy atom. The Hall–Kier alpha value is -7.57. The summed E-state index contributed by atoms with van der Waals surface area (Å²) in [6.07, 6.45) is 1.92. The van der Waals surface area contributed by atoms with Gasteiger partial charge in [-0.05, 0) is 106 Å². The van der Waals surface area contributed by atoms with Crippen molar-refractivity contribution >= 4 is 44.6 Å². The molecule has 0 spiro atoms. The SMILES string of the molecule is [2H]C([2H])([2H])c1cccc2c1[N@@+]1(c3c(-c4ccccc4)cccc3-c3ccccc3)[CH-][N@+]2(c2cc(Oc3ccc4c5cc(-c6ccccc6)ccc5n(-c5cc(C(C)(C)C)ccn5)c4c3)cc(C(C)(C)C)c2)C1. The first-order chi connectivity index (χ1) is 34.5. The molecule has 69 heavy (non-hydrogen) atoms. The Kier molecular flexibility index (Phi) is 9.00. The van der Waals surface area contributed by atoms with Gasteiger partial charge < -0.3 is 4.74 Å². The number of ether oxygens (including phenoxy) is 1. The van der Waals surface area contributed by atoms with E-state index in [9.17, 15) is 0 Å². The van der Waals surface area contributed by atoms with Crippen LogP contribution >= 0.6 is 0 Å². The van der Waals surface area contributed by atoms with Crippen molar-refractivity contribution in [2.45, 2.75) is 59.2 Å². The van der Waals surface area contributed by atoms with Gasteiger partial charge in [0.2, 0.25) is 0 Å². The lowest BCUT2D eigenvalue weighted by Gasteiger charge is -2.57. The van der Waals surface area contributed by atoms with E-state index in [2.05, 4.69) is 223 Å². The molecule has 2 aromatic heterocycles. The number of quaternary nitrogens is 2. The molecule has 5 heterocycles. The van der Waals surface area contributed by atoms with Crippen molar-refractivity contribution in [2.24, 2.45) is 0 Å². The first-order valence-electron chi connectivity index (χ1n) is 25.5. The molecule has 1 saturated heterocycles. The second-order valence-electron chi connectivity index (χ2n) is 20.9. The third-order valence-electron chi connectivity index (χ3n) is 14.4. The van der Waals surface area contributed by atoms with E-state index in [4.69, 9.17) is 13.8 Å². The highest BCUT2D eigenvalue weighted by molar-refractivity contribution is 6.11. The Balaban J connectivity index is 1.03. The molecular formula is C64H57N4O+. The van der Waals surface area contributed by atoms with Gasteiger partial charge in [-0.15, -0.1) is 0 Å². The monoisotopic (exact) mass is 900 g/mol. The summed E-state index contributed by atoms with van der Waals surface area (Å²) in [5, 5.41) is 2.24. The van der Waals surface area contributed by atoms with Crippen LogP contribution in [0.15, 0.2) is 200 Å². The standard InChI is InChI=1S/C64H57N4O/c1-43-19-17-28-59-61(43)68(62-53(45-22-13-9-14-23-45)26-18-27-54(62)46-24-15-10-16-25-46)41-67(59,42-68)50-36-49(64(5,6)7)37-52(39-50)69-51-30-31-55-56-35-47(44-20-11-8-12-21-44)29-32-57(56)66(58(55)40-51)60-38-48(33-34-65-60)63(2,3)4/h8-41H,42H2,1-7H3/q+1/t67-,68-/m1/s1/i1D3. The summed E-state index contributed by atoms with van der Waals surface area (Å²) < 4.78 is 37.0. The minimum absolute atomic E-state index is 0.0704. The second-order valence-corrected chi connectivity index (χ2v) is 20.9. The third kappa shape index (κ3) is 6.94. The highest BCUT2D eigenvalue weighted by Crippen LogP contribution is 2.68. The minimum Gasteiger partial charge on any atom is -0.457 e. The number of hydrogen-bond donors (Lipinski definition) is 0. The van der Waals surface area contributed by atoms with Crippen molar-refractivity contribution < 1.29 is 8.85 Å². The van der Waals surface area contributed by atoms with E-state index in [-0.39, 0.29) is 15.3 Å². The molecule has 0 unspecified atom stereocenters. The topological polar surface area (TPSA) is 27.1 Å². The molecule has 13 rings (SSSR count). The molecule has 0 radical (unpaired) electrons. The van der Waals surface area contributed by atoms with Gasteiger partial charge in [0.25, 0.3) is 0 Å². The number of pyridine rings is 1. The van der Waals surface area contributed by atoms with Crippen LogP contribution in [0.2, 0.25) is 0 Å². The summed E-state index contributed by atoms with van der Waals surface area (Å²) in [7, 11) is 0. The molecule has 0 N–H and O–H groups in total. The molecule has 8 aromatic carbocycles. The molecule has 10 aromatic rings. The van der Waals surface area contributed by atoms with E-state index in [0.29, 0.717) is 28.2 Å². The largest absolute Gasteiger partial charge is 0.457 e. The Morgan fingerprint density at radius 1 is 0.522 bits per heavy atom. The zero-order chi connectivity index (χ0) is 49.8. The fourth-order valence-corrected chi connectivity index (χ4v) is 11.0. The molecule has 2 atom stereocenters. The van der Waals surface area contributed by atoms with Gasteiger partial charge >= 0.3 is 0 Å². The fraction of sp³-hybridized carbons (Fsp3) is 0.156. The fourth-order valence-electron chi connectivity index (χ4n) is 11.0. The predicted octanol–water partition coefficient (Wildman–Crippen LogP) is 17.3. The normalized spacial score (nSPS) is 18.3. The highest BCUT2D eigenvalue weighted by Gasteiger charge is 2.64. The lowest BCUT2D eigenvalue weighted by Crippen LogP contribution is -2.67. The van der Waals surface area contributed by atoms with Crippen molar-refractivity contribution in [3.05, 3.63) is 224 Å². The molecule has 338 valence electrons. The maximum atomic E-state index is 9.01. The van der Waals surface area contributed by atoms with E-state index in [1.807, 2.05) is 24.4 Å². The van der Waals surface area contributed by atoms with Crippen molar-refractivity contribution in [2.75, 3.05) is 6.67 Å².